The third-order valence-corrected chi connectivity index (χ3v) is 5.86. The Morgan fingerprint density at radius 1 is 1.14 bits per heavy atom. The maximum absolute atomic E-state index is 12.6. The van der Waals surface area contributed by atoms with Crippen LogP contribution >= 0.6 is 11.6 Å². The lowest BCUT2D eigenvalue weighted by Crippen LogP contribution is -2.38. The van der Waals surface area contributed by atoms with Crippen LogP contribution in [0, 0.1) is 0 Å². The number of sulfonamides is 1. The number of carbonyl (C=O) groups excluding carboxylic acids is 1. The van der Waals surface area contributed by atoms with E-state index in [-0.39, 0.29) is 34.2 Å². The molecule has 2 N–H and O–H groups in total. The fourth-order valence-corrected chi connectivity index (χ4v) is 4.19. The molecule has 0 unspecified atom stereocenters. The Balaban J connectivity index is 2.01. The number of rotatable bonds is 10. The van der Waals surface area contributed by atoms with Crippen LogP contribution in [0.4, 0.5) is 0 Å². The molecule has 9 heteroatoms. The van der Waals surface area contributed by atoms with Gasteiger partial charge in [0.05, 0.1) is 16.5 Å². The van der Waals surface area contributed by atoms with Crippen LogP contribution in [0.3, 0.4) is 0 Å². The molecule has 7 nitrogen and oxygen atoms in total. The molecule has 2 aromatic carbocycles. The van der Waals surface area contributed by atoms with E-state index < -0.39 is 16.1 Å². The van der Waals surface area contributed by atoms with Gasteiger partial charge in [0.1, 0.15) is 5.75 Å². The zero-order valence-electron chi connectivity index (χ0n) is 16.5. The molecule has 0 aliphatic heterocycles. The number of ether oxygens (including phenoxy) is 2. The van der Waals surface area contributed by atoms with E-state index in [1.807, 2.05) is 30.3 Å². The second-order valence-electron chi connectivity index (χ2n) is 6.56. The van der Waals surface area contributed by atoms with Crippen molar-refractivity contribution in [3.05, 3.63) is 59.1 Å². The minimum Gasteiger partial charge on any atom is -0.482 e. The highest BCUT2D eigenvalue weighted by atomic mass is 35.5. The molecule has 0 aromatic heterocycles. The van der Waals surface area contributed by atoms with Gasteiger partial charge < -0.3 is 14.8 Å². The maximum atomic E-state index is 12.6. The first-order valence-corrected chi connectivity index (χ1v) is 10.9. The van der Waals surface area contributed by atoms with Gasteiger partial charge in [0.15, 0.2) is 6.61 Å². The zero-order chi connectivity index (χ0) is 21.4. The molecule has 29 heavy (non-hydrogen) atoms. The Hall–Kier alpha value is -2.13. The number of halogens is 1. The Morgan fingerprint density at radius 2 is 1.83 bits per heavy atom. The summed E-state index contributed by atoms with van der Waals surface area (Å²) in [7, 11) is -2.24. The number of hydrogen-bond donors (Lipinski definition) is 2. The average molecular weight is 441 g/mol. The lowest BCUT2D eigenvalue weighted by Gasteiger charge is -2.16. The van der Waals surface area contributed by atoms with Crippen molar-refractivity contribution >= 4 is 27.5 Å². The largest absolute Gasteiger partial charge is 0.482 e. The van der Waals surface area contributed by atoms with E-state index in [0.29, 0.717) is 6.61 Å². The summed E-state index contributed by atoms with van der Waals surface area (Å²) in [6.07, 6.45) is 0. The van der Waals surface area contributed by atoms with E-state index in [1.165, 1.54) is 18.2 Å². The average Bonchev–Trinajstić information content (AvgIpc) is 2.67. The Morgan fingerprint density at radius 3 is 2.45 bits per heavy atom. The second-order valence-corrected chi connectivity index (χ2v) is 8.68. The second kappa shape index (κ2) is 10.6. The van der Waals surface area contributed by atoms with E-state index in [0.717, 1.165) is 5.56 Å². The SMILES string of the molecule is COC[C@H](C)NC(=O)COc1ccc(S(=O)(=O)N[C@@H](C)c2ccccc2)cc1Cl. The normalized spacial score (nSPS) is 13.5. The fraction of sp³-hybridized carbons (Fsp3) is 0.350. The molecule has 0 bridgehead atoms. The molecular weight excluding hydrogens is 416 g/mol. The van der Waals surface area contributed by atoms with Crippen molar-refractivity contribution in [3.8, 4) is 5.75 Å². The molecule has 158 valence electrons. The van der Waals surface area contributed by atoms with Gasteiger partial charge in [-0.1, -0.05) is 41.9 Å². The van der Waals surface area contributed by atoms with Crippen molar-refractivity contribution in [3.63, 3.8) is 0 Å². The summed E-state index contributed by atoms with van der Waals surface area (Å²) in [5, 5.41) is 2.80. The van der Waals surface area contributed by atoms with Gasteiger partial charge in [-0.3, -0.25) is 4.79 Å². The molecule has 0 aliphatic carbocycles. The maximum Gasteiger partial charge on any atom is 0.258 e. The molecule has 0 fully saturated rings. The topological polar surface area (TPSA) is 93.7 Å². The van der Waals surface area contributed by atoms with E-state index in [4.69, 9.17) is 21.1 Å². The Labute approximate surface area is 176 Å². The van der Waals surface area contributed by atoms with Crippen LogP contribution in [0.5, 0.6) is 5.75 Å². The van der Waals surface area contributed by atoms with Gasteiger partial charge in [-0.15, -0.1) is 0 Å². The fourth-order valence-electron chi connectivity index (χ4n) is 2.63. The zero-order valence-corrected chi connectivity index (χ0v) is 18.1. The summed E-state index contributed by atoms with van der Waals surface area (Å²) >= 11 is 6.16. The highest BCUT2D eigenvalue weighted by Crippen LogP contribution is 2.28. The van der Waals surface area contributed by atoms with E-state index in [1.54, 1.807) is 21.0 Å². The predicted molar refractivity (Wildman–Crippen MR) is 112 cm³/mol. The summed E-state index contributed by atoms with van der Waals surface area (Å²) in [6.45, 7) is 3.70. The first kappa shape index (κ1) is 23.2. The summed E-state index contributed by atoms with van der Waals surface area (Å²) in [6, 6.07) is 12.8. The standard InChI is InChI=1S/C20H25ClN2O5S/c1-14(12-27-3)22-20(24)13-28-19-10-9-17(11-18(19)21)29(25,26)23-15(2)16-7-5-4-6-8-16/h4-11,14-15,23H,12-13H2,1-3H3,(H,22,24)/t14-,15-/m0/s1. The van der Waals surface area contributed by atoms with Crippen molar-refractivity contribution < 1.29 is 22.7 Å². The molecule has 2 rings (SSSR count). The molecule has 0 heterocycles. The smallest absolute Gasteiger partial charge is 0.258 e. The lowest BCUT2D eigenvalue weighted by molar-refractivity contribution is -0.124. The quantitative estimate of drug-likeness (QED) is 0.592. The van der Waals surface area contributed by atoms with E-state index >= 15 is 0 Å². The number of amides is 1. The van der Waals surface area contributed by atoms with Crippen LogP contribution in [0.15, 0.2) is 53.4 Å². The lowest BCUT2D eigenvalue weighted by atomic mass is 10.1. The third kappa shape index (κ3) is 7.01. The van der Waals surface area contributed by atoms with Gasteiger partial charge in [0.25, 0.3) is 5.91 Å². The molecule has 2 atom stereocenters. The molecule has 1 amide bonds. The summed E-state index contributed by atoms with van der Waals surface area (Å²) in [5.74, 6) is -0.114. The molecule has 2 aromatic rings. The molecule has 0 saturated carbocycles. The molecule has 0 spiro atoms. The molecule has 0 aliphatic rings. The Bertz CT molecular complexity index is 922. The van der Waals surface area contributed by atoms with Gasteiger partial charge in [-0.05, 0) is 37.6 Å². The molecule has 0 saturated heterocycles. The van der Waals surface area contributed by atoms with Crippen molar-refractivity contribution in [2.75, 3.05) is 20.3 Å². The van der Waals surface area contributed by atoms with Crippen LogP contribution in [-0.4, -0.2) is 40.7 Å². The van der Waals surface area contributed by atoms with Gasteiger partial charge in [0.2, 0.25) is 10.0 Å². The highest BCUT2D eigenvalue weighted by Gasteiger charge is 2.20. The number of hydrogen-bond acceptors (Lipinski definition) is 5. The Kier molecular flexibility index (Phi) is 8.45. The van der Waals surface area contributed by atoms with Gasteiger partial charge in [-0.25, -0.2) is 13.1 Å². The summed E-state index contributed by atoms with van der Waals surface area (Å²) in [4.78, 5) is 11.9. The minimum absolute atomic E-state index is 0.01000. The van der Waals surface area contributed by atoms with Crippen LogP contribution < -0.4 is 14.8 Å². The monoisotopic (exact) mass is 440 g/mol. The predicted octanol–water partition coefficient (Wildman–Crippen LogP) is 2.91. The van der Waals surface area contributed by atoms with Crippen LogP contribution in [-0.2, 0) is 19.6 Å². The van der Waals surface area contributed by atoms with Gasteiger partial charge in [0, 0.05) is 19.2 Å². The molecular formula is C20H25ClN2O5S. The number of methoxy groups -OCH3 is 1. The minimum atomic E-state index is -3.78. The number of benzene rings is 2. The van der Waals surface area contributed by atoms with Crippen molar-refractivity contribution in [2.45, 2.75) is 30.8 Å². The van der Waals surface area contributed by atoms with Gasteiger partial charge >= 0.3 is 0 Å². The third-order valence-electron chi connectivity index (χ3n) is 4.03. The van der Waals surface area contributed by atoms with Crippen LogP contribution in [0.25, 0.3) is 0 Å². The van der Waals surface area contributed by atoms with Crippen molar-refractivity contribution in [1.82, 2.24) is 10.0 Å². The summed E-state index contributed by atoms with van der Waals surface area (Å²) in [5.41, 5.74) is 0.843. The first-order chi connectivity index (χ1) is 13.7. The van der Waals surface area contributed by atoms with Gasteiger partial charge in [-0.2, -0.15) is 0 Å². The summed E-state index contributed by atoms with van der Waals surface area (Å²) < 4.78 is 38.2. The van der Waals surface area contributed by atoms with E-state index in [2.05, 4.69) is 10.0 Å². The molecule has 0 radical (unpaired) electrons. The van der Waals surface area contributed by atoms with E-state index in [9.17, 15) is 13.2 Å². The van der Waals surface area contributed by atoms with Crippen molar-refractivity contribution in [2.24, 2.45) is 0 Å². The van der Waals surface area contributed by atoms with Crippen LogP contribution in [0.2, 0.25) is 5.02 Å². The highest BCUT2D eigenvalue weighted by molar-refractivity contribution is 7.89. The number of nitrogens with one attached hydrogen (secondary N) is 2. The first-order valence-electron chi connectivity index (χ1n) is 9.01. The van der Waals surface area contributed by atoms with Crippen LogP contribution in [0.1, 0.15) is 25.5 Å². The van der Waals surface area contributed by atoms with Crippen molar-refractivity contribution in [1.29, 1.82) is 0 Å². The number of carbonyl (C=O) groups is 1.